The Morgan fingerprint density at radius 2 is 1.85 bits per heavy atom. The van der Waals surface area contributed by atoms with Gasteiger partial charge < -0.3 is 19.2 Å². The van der Waals surface area contributed by atoms with Crippen LogP contribution in [0.25, 0.3) is 11.1 Å². The highest BCUT2D eigenvalue weighted by molar-refractivity contribution is 5.97. The molecule has 2 aromatic heterocycles. The van der Waals surface area contributed by atoms with Gasteiger partial charge in [0.2, 0.25) is 5.91 Å². The standard InChI is InChI=1S/C19H20N4O4/c1-21-15-5-4-13(11-16(15)27-19(21)26)18(25)23-9-7-22(8-10-23)17(24)12-14-3-2-6-20-14/h2-6,11,20H,7-10,12H2,1H3. The average Bonchev–Trinajstić information content (AvgIpc) is 3.29. The van der Waals surface area contributed by atoms with Crippen LogP contribution in [0.2, 0.25) is 0 Å². The number of carbonyl (C=O) groups excluding carboxylic acids is 2. The van der Waals surface area contributed by atoms with Crippen LogP contribution in [-0.4, -0.2) is 57.3 Å². The first kappa shape index (κ1) is 17.1. The van der Waals surface area contributed by atoms with Crippen LogP contribution in [0.5, 0.6) is 0 Å². The topological polar surface area (TPSA) is 91.6 Å². The van der Waals surface area contributed by atoms with Gasteiger partial charge in [-0.15, -0.1) is 0 Å². The number of aryl methyl sites for hydroxylation is 1. The molecule has 0 saturated carbocycles. The highest BCUT2D eigenvalue weighted by atomic mass is 16.4. The first-order valence-corrected chi connectivity index (χ1v) is 8.82. The van der Waals surface area contributed by atoms with Crippen molar-refractivity contribution in [2.75, 3.05) is 26.2 Å². The fourth-order valence-corrected chi connectivity index (χ4v) is 3.36. The van der Waals surface area contributed by atoms with Crippen LogP contribution < -0.4 is 5.76 Å². The lowest BCUT2D eigenvalue weighted by atomic mass is 10.1. The highest BCUT2D eigenvalue weighted by Gasteiger charge is 2.25. The SMILES string of the molecule is Cn1c(=O)oc2cc(C(=O)N3CCN(C(=O)Cc4ccc[nH]4)CC3)ccc21. The van der Waals surface area contributed by atoms with Gasteiger partial charge in [-0.05, 0) is 30.3 Å². The Kier molecular flexibility index (Phi) is 4.31. The van der Waals surface area contributed by atoms with Gasteiger partial charge in [0.05, 0.1) is 11.9 Å². The molecule has 0 radical (unpaired) electrons. The minimum absolute atomic E-state index is 0.0528. The number of rotatable bonds is 3. The number of aromatic amines is 1. The Balaban J connectivity index is 1.41. The summed E-state index contributed by atoms with van der Waals surface area (Å²) in [4.78, 5) is 43.2. The van der Waals surface area contributed by atoms with E-state index in [-0.39, 0.29) is 11.8 Å². The van der Waals surface area contributed by atoms with Crippen molar-refractivity contribution in [1.29, 1.82) is 0 Å². The number of piperazine rings is 1. The quantitative estimate of drug-likeness (QED) is 0.746. The number of benzene rings is 1. The van der Waals surface area contributed by atoms with E-state index in [1.165, 1.54) is 4.57 Å². The van der Waals surface area contributed by atoms with Crippen molar-refractivity contribution in [1.82, 2.24) is 19.4 Å². The number of hydrogen-bond acceptors (Lipinski definition) is 4. The number of amides is 2. The summed E-state index contributed by atoms with van der Waals surface area (Å²) in [7, 11) is 1.62. The molecule has 1 fully saturated rings. The van der Waals surface area contributed by atoms with Crippen LogP contribution in [0, 0.1) is 0 Å². The summed E-state index contributed by atoms with van der Waals surface area (Å²) in [6, 6.07) is 8.76. The van der Waals surface area contributed by atoms with Gasteiger partial charge in [-0.1, -0.05) is 0 Å². The number of oxazole rings is 1. The van der Waals surface area contributed by atoms with E-state index in [4.69, 9.17) is 4.42 Å². The van der Waals surface area contributed by atoms with E-state index < -0.39 is 5.76 Å². The number of hydrogen-bond donors (Lipinski definition) is 1. The molecule has 27 heavy (non-hydrogen) atoms. The van der Waals surface area contributed by atoms with Gasteiger partial charge in [0.25, 0.3) is 5.91 Å². The van der Waals surface area contributed by atoms with E-state index >= 15 is 0 Å². The smallest absolute Gasteiger partial charge is 0.408 e. The first-order valence-electron chi connectivity index (χ1n) is 8.82. The monoisotopic (exact) mass is 368 g/mol. The Hall–Kier alpha value is -3.29. The Bertz CT molecular complexity index is 1040. The van der Waals surface area contributed by atoms with Crippen molar-refractivity contribution in [2.45, 2.75) is 6.42 Å². The summed E-state index contributed by atoms with van der Waals surface area (Å²) in [5, 5.41) is 0. The van der Waals surface area contributed by atoms with Gasteiger partial charge in [0, 0.05) is 50.7 Å². The van der Waals surface area contributed by atoms with E-state index in [9.17, 15) is 14.4 Å². The molecule has 1 aliphatic rings. The summed E-state index contributed by atoms with van der Waals surface area (Å²) in [5.74, 6) is -0.527. The average molecular weight is 368 g/mol. The number of H-pyrrole nitrogens is 1. The number of aromatic nitrogens is 2. The van der Waals surface area contributed by atoms with Crippen LogP contribution in [0.1, 0.15) is 16.1 Å². The molecule has 140 valence electrons. The molecular formula is C19H20N4O4. The second kappa shape index (κ2) is 6.79. The zero-order valence-corrected chi connectivity index (χ0v) is 15.0. The molecule has 3 heterocycles. The zero-order chi connectivity index (χ0) is 19.0. The molecule has 1 aromatic carbocycles. The van der Waals surface area contributed by atoms with Crippen LogP contribution in [0.3, 0.4) is 0 Å². The number of carbonyl (C=O) groups is 2. The van der Waals surface area contributed by atoms with Gasteiger partial charge in [-0.25, -0.2) is 4.79 Å². The Morgan fingerprint density at radius 1 is 1.11 bits per heavy atom. The molecule has 2 amide bonds. The van der Waals surface area contributed by atoms with Crippen molar-refractivity contribution in [2.24, 2.45) is 7.05 Å². The third-order valence-electron chi connectivity index (χ3n) is 4.96. The predicted molar refractivity (Wildman–Crippen MR) is 98.4 cm³/mol. The summed E-state index contributed by atoms with van der Waals surface area (Å²) in [6.45, 7) is 1.97. The largest absolute Gasteiger partial charge is 0.419 e. The molecule has 0 aliphatic carbocycles. The second-order valence-electron chi connectivity index (χ2n) is 6.65. The van der Waals surface area contributed by atoms with Gasteiger partial charge >= 0.3 is 5.76 Å². The van der Waals surface area contributed by atoms with Gasteiger partial charge in [0.15, 0.2) is 5.58 Å². The molecule has 0 unspecified atom stereocenters. The van der Waals surface area contributed by atoms with Crippen molar-refractivity contribution in [3.05, 3.63) is 58.3 Å². The maximum atomic E-state index is 12.8. The maximum absolute atomic E-state index is 12.8. The summed E-state index contributed by atoms with van der Waals surface area (Å²) < 4.78 is 6.56. The summed E-state index contributed by atoms with van der Waals surface area (Å²) in [5.41, 5.74) is 2.41. The van der Waals surface area contributed by atoms with E-state index in [0.29, 0.717) is 49.3 Å². The minimum Gasteiger partial charge on any atom is -0.408 e. The molecule has 1 aliphatic heterocycles. The van der Waals surface area contributed by atoms with Crippen LogP contribution >= 0.6 is 0 Å². The Morgan fingerprint density at radius 3 is 2.56 bits per heavy atom. The van der Waals surface area contributed by atoms with Gasteiger partial charge in [-0.2, -0.15) is 0 Å². The molecule has 8 heteroatoms. The molecule has 0 spiro atoms. The van der Waals surface area contributed by atoms with Gasteiger partial charge in [-0.3, -0.25) is 14.2 Å². The molecular weight excluding hydrogens is 348 g/mol. The molecule has 4 rings (SSSR count). The normalized spacial score (nSPS) is 14.7. The van der Waals surface area contributed by atoms with Crippen molar-refractivity contribution < 1.29 is 14.0 Å². The van der Waals surface area contributed by atoms with Crippen molar-refractivity contribution >= 4 is 22.9 Å². The lowest BCUT2D eigenvalue weighted by Crippen LogP contribution is -2.51. The fraction of sp³-hybridized carbons (Fsp3) is 0.316. The van der Waals surface area contributed by atoms with Crippen molar-refractivity contribution in [3.8, 4) is 0 Å². The summed E-state index contributed by atoms with van der Waals surface area (Å²) in [6.07, 6.45) is 2.13. The third kappa shape index (κ3) is 3.25. The van der Waals surface area contributed by atoms with E-state index in [2.05, 4.69) is 4.98 Å². The molecule has 1 saturated heterocycles. The van der Waals surface area contributed by atoms with Crippen molar-refractivity contribution in [3.63, 3.8) is 0 Å². The molecule has 0 bridgehead atoms. The minimum atomic E-state index is -0.455. The first-order chi connectivity index (χ1) is 13.0. The van der Waals surface area contributed by atoms with E-state index in [0.717, 1.165) is 5.69 Å². The summed E-state index contributed by atoms with van der Waals surface area (Å²) >= 11 is 0. The lowest BCUT2D eigenvalue weighted by Gasteiger charge is -2.34. The molecule has 3 aromatic rings. The second-order valence-corrected chi connectivity index (χ2v) is 6.65. The molecule has 1 N–H and O–H groups in total. The van der Waals surface area contributed by atoms with Crippen LogP contribution in [0.15, 0.2) is 45.7 Å². The van der Waals surface area contributed by atoms with Gasteiger partial charge in [0.1, 0.15) is 0 Å². The highest BCUT2D eigenvalue weighted by Crippen LogP contribution is 2.17. The third-order valence-corrected chi connectivity index (χ3v) is 4.96. The number of nitrogens with zero attached hydrogens (tertiary/aromatic N) is 3. The van der Waals surface area contributed by atoms with E-state index in [1.54, 1.807) is 41.2 Å². The fourth-order valence-electron chi connectivity index (χ4n) is 3.36. The molecule has 0 atom stereocenters. The maximum Gasteiger partial charge on any atom is 0.419 e. The Labute approximate surface area is 155 Å². The van der Waals surface area contributed by atoms with Crippen LogP contribution in [-0.2, 0) is 18.3 Å². The molecule has 8 nitrogen and oxygen atoms in total. The van der Waals surface area contributed by atoms with Crippen LogP contribution in [0.4, 0.5) is 0 Å². The number of nitrogens with one attached hydrogen (secondary N) is 1. The predicted octanol–water partition coefficient (Wildman–Crippen LogP) is 0.987. The lowest BCUT2D eigenvalue weighted by molar-refractivity contribution is -0.132. The zero-order valence-electron chi connectivity index (χ0n) is 15.0. The van der Waals surface area contributed by atoms with E-state index in [1.807, 2.05) is 12.1 Å². The number of fused-ring (bicyclic) bond motifs is 1.